The maximum Gasteiger partial charge on any atom is 0.0729 e. The number of rotatable bonds is 2. The molecule has 0 spiro atoms. The van der Waals surface area contributed by atoms with Crippen LogP contribution in [0.4, 0.5) is 0 Å². The molecule has 0 atom stereocenters. The molecular formula is C19H17N3Y2-2. The SMILES string of the molecule is [CH2-]N=C([N-]C)c1c(C)c(-c2ccccc2)nc2ccccc12.[Y].[Y]. The Balaban J connectivity index is 0.00000144. The summed E-state index contributed by atoms with van der Waals surface area (Å²) in [5.74, 6) is 0.647. The van der Waals surface area contributed by atoms with Gasteiger partial charge in [-0.05, 0) is 23.9 Å². The maximum absolute atomic E-state index is 4.84. The number of aliphatic imine (C=N–C) groups is 1. The van der Waals surface area contributed by atoms with E-state index in [0.29, 0.717) is 5.84 Å². The Labute approximate surface area is 193 Å². The van der Waals surface area contributed by atoms with Crippen molar-refractivity contribution in [3.63, 3.8) is 0 Å². The Bertz CT molecular complexity index is 846. The van der Waals surface area contributed by atoms with E-state index in [9.17, 15) is 0 Å². The molecule has 1 aromatic heterocycles. The van der Waals surface area contributed by atoms with Crippen LogP contribution in [-0.2, 0) is 65.4 Å². The third-order valence-corrected chi connectivity index (χ3v) is 3.77. The molecule has 24 heavy (non-hydrogen) atoms. The third kappa shape index (κ3) is 4.14. The molecule has 0 aliphatic carbocycles. The van der Waals surface area contributed by atoms with Crippen LogP contribution in [0.25, 0.3) is 27.5 Å². The van der Waals surface area contributed by atoms with Gasteiger partial charge in [0.2, 0.25) is 0 Å². The summed E-state index contributed by atoms with van der Waals surface area (Å²) in [6.07, 6.45) is 0. The van der Waals surface area contributed by atoms with Crippen molar-refractivity contribution in [1.82, 2.24) is 4.98 Å². The summed E-state index contributed by atoms with van der Waals surface area (Å²) in [6, 6.07) is 18.2. The van der Waals surface area contributed by atoms with Crippen molar-refractivity contribution in [2.45, 2.75) is 6.92 Å². The van der Waals surface area contributed by atoms with Crippen molar-refractivity contribution in [3.05, 3.63) is 78.1 Å². The Morgan fingerprint density at radius 2 is 1.62 bits per heavy atom. The van der Waals surface area contributed by atoms with Crippen LogP contribution in [0.1, 0.15) is 11.1 Å². The van der Waals surface area contributed by atoms with E-state index in [1.165, 1.54) is 0 Å². The molecule has 2 aromatic carbocycles. The summed E-state index contributed by atoms with van der Waals surface area (Å²) >= 11 is 0. The zero-order chi connectivity index (χ0) is 15.5. The van der Waals surface area contributed by atoms with Gasteiger partial charge in [-0.1, -0.05) is 61.1 Å². The first-order chi connectivity index (χ1) is 10.8. The van der Waals surface area contributed by atoms with Gasteiger partial charge in [-0.25, -0.2) is 10.8 Å². The van der Waals surface area contributed by atoms with Crippen LogP contribution in [0.3, 0.4) is 0 Å². The number of para-hydroxylation sites is 1. The maximum atomic E-state index is 4.84. The molecule has 1 heterocycles. The second kappa shape index (κ2) is 9.77. The number of fused-ring (bicyclic) bond motifs is 1. The molecule has 0 saturated carbocycles. The van der Waals surface area contributed by atoms with Crippen molar-refractivity contribution >= 4 is 16.7 Å². The molecule has 5 heteroatoms. The van der Waals surface area contributed by atoms with Gasteiger partial charge >= 0.3 is 0 Å². The van der Waals surface area contributed by atoms with Gasteiger partial charge in [0, 0.05) is 71.0 Å². The standard InChI is InChI=1S/C19H17N3.2Y/c1-13-17(19(20-2)21-3)15-11-7-8-12-16(15)22-18(13)14-9-5-4-6-10-14;;/h4-12H,2H2,1,3H3;;/q-2;;. The number of hydrogen-bond acceptors (Lipinski definition) is 2. The minimum absolute atomic E-state index is 0. The van der Waals surface area contributed by atoms with E-state index in [0.717, 1.165) is 33.3 Å². The van der Waals surface area contributed by atoms with Gasteiger partial charge in [0.1, 0.15) is 0 Å². The summed E-state index contributed by atoms with van der Waals surface area (Å²) in [5, 5.41) is 5.33. The summed E-state index contributed by atoms with van der Waals surface area (Å²) < 4.78 is 0. The molecule has 0 fully saturated rings. The summed E-state index contributed by atoms with van der Waals surface area (Å²) in [5.41, 5.74) is 5.05. The average Bonchev–Trinajstić information content (AvgIpc) is 2.58. The van der Waals surface area contributed by atoms with Gasteiger partial charge in [0.15, 0.2) is 0 Å². The van der Waals surface area contributed by atoms with Crippen molar-refractivity contribution < 1.29 is 65.4 Å². The summed E-state index contributed by atoms with van der Waals surface area (Å²) in [4.78, 5) is 8.93. The average molecular weight is 465 g/mol. The van der Waals surface area contributed by atoms with Crippen LogP contribution in [0.15, 0.2) is 59.6 Å². The smallest absolute Gasteiger partial charge is 0.0729 e. The predicted octanol–water partition coefficient (Wildman–Crippen LogP) is 4.75. The molecule has 3 aromatic rings. The minimum Gasteiger partial charge on any atom is -0.634 e. The number of benzene rings is 2. The topological polar surface area (TPSA) is 39.4 Å². The van der Waals surface area contributed by atoms with Gasteiger partial charge < -0.3 is 10.3 Å². The number of hydrogen-bond donors (Lipinski definition) is 0. The van der Waals surface area contributed by atoms with E-state index >= 15 is 0 Å². The first-order valence-corrected chi connectivity index (χ1v) is 7.15. The van der Waals surface area contributed by atoms with Crippen molar-refractivity contribution in [1.29, 1.82) is 0 Å². The Hall–Kier alpha value is -0.602. The second-order valence-electron chi connectivity index (χ2n) is 5.05. The van der Waals surface area contributed by atoms with E-state index in [1.54, 1.807) is 7.05 Å². The van der Waals surface area contributed by atoms with Gasteiger partial charge in [0.25, 0.3) is 0 Å². The van der Waals surface area contributed by atoms with Crippen LogP contribution in [-0.4, -0.2) is 17.9 Å². The van der Waals surface area contributed by atoms with Crippen molar-refractivity contribution in [3.8, 4) is 11.3 Å². The van der Waals surface area contributed by atoms with Gasteiger partial charge in [0.05, 0.1) is 11.2 Å². The van der Waals surface area contributed by atoms with E-state index in [-0.39, 0.29) is 65.4 Å². The Morgan fingerprint density at radius 1 is 1.00 bits per heavy atom. The molecule has 0 unspecified atom stereocenters. The molecule has 0 aliphatic heterocycles. The van der Waals surface area contributed by atoms with E-state index in [2.05, 4.69) is 42.5 Å². The molecule has 0 amide bonds. The molecule has 2 radical (unpaired) electrons. The third-order valence-electron chi connectivity index (χ3n) is 3.77. The minimum atomic E-state index is 0. The zero-order valence-corrected chi connectivity index (χ0v) is 19.6. The fraction of sp³-hybridized carbons (Fsp3) is 0.105. The van der Waals surface area contributed by atoms with Gasteiger partial charge in [-0.3, -0.25) is 7.05 Å². The van der Waals surface area contributed by atoms with Crippen LogP contribution in [0.5, 0.6) is 0 Å². The Morgan fingerprint density at radius 3 is 2.25 bits per heavy atom. The zero-order valence-electron chi connectivity index (χ0n) is 13.9. The van der Waals surface area contributed by atoms with Crippen molar-refractivity contribution in [2.24, 2.45) is 4.99 Å². The predicted molar refractivity (Wildman–Crippen MR) is 93.1 cm³/mol. The molecular weight excluding hydrogens is 448 g/mol. The molecule has 116 valence electrons. The number of nitrogens with zero attached hydrogens (tertiary/aromatic N) is 3. The normalized spacial score (nSPS) is 10.7. The van der Waals surface area contributed by atoms with Crippen LogP contribution >= 0.6 is 0 Å². The fourth-order valence-electron chi connectivity index (χ4n) is 2.73. The van der Waals surface area contributed by atoms with E-state index < -0.39 is 0 Å². The quantitative estimate of drug-likeness (QED) is 0.306. The van der Waals surface area contributed by atoms with Crippen LogP contribution in [0.2, 0.25) is 0 Å². The van der Waals surface area contributed by atoms with Gasteiger partial charge in [-0.15, -0.1) is 0 Å². The van der Waals surface area contributed by atoms with Crippen LogP contribution < -0.4 is 0 Å². The number of amidine groups is 1. The molecule has 3 rings (SSSR count). The van der Waals surface area contributed by atoms with E-state index in [4.69, 9.17) is 4.98 Å². The summed E-state index contributed by atoms with van der Waals surface area (Å²) in [7, 11) is 5.39. The fourth-order valence-corrected chi connectivity index (χ4v) is 2.73. The Kier molecular flexibility index (Phi) is 8.73. The number of aromatic nitrogens is 1. The first-order valence-electron chi connectivity index (χ1n) is 7.15. The van der Waals surface area contributed by atoms with E-state index in [1.807, 2.05) is 36.4 Å². The largest absolute Gasteiger partial charge is 0.634 e. The summed E-state index contributed by atoms with van der Waals surface area (Å²) in [6.45, 7) is 2.06. The van der Waals surface area contributed by atoms with Gasteiger partial charge in [-0.2, -0.15) is 0 Å². The molecule has 3 nitrogen and oxygen atoms in total. The van der Waals surface area contributed by atoms with Crippen molar-refractivity contribution in [2.75, 3.05) is 7.05 Å². The molecule has 0 saturated heterocycles. The second-order valence-corrected chi connectivity index (χ2v) is 5.05. The number of pyridine rings is 1. The first kappa shape index (κ1) is 21.4. The molecule has 0 N–H and O–H groups in total. The monoisotopic (exact) mass is 465 g/mol. The van der Waals surface area contributed by atoms with Crippen LogP contribution in [0, 0.1) is 14.0 Å². The molecule has 0 bridgehead atoms. The molecule has 0 aliphatic rings.